The van der Waals surface area contributed by atoms with Gasteiger partial charge in [0.05, 0.1) is 25.0 Å². The molecule has 0 radical (unpaired) electrons. The van der Waals surface area contributed by atoms with Crippen molar-refractivity contribution in [2.45, 2.75) is 25.4 Å². The molecule has 7 heteroatoms. The molecule has 7 nitrogen and oxygen atoms in total. The molecule has 0 spiro atoms. The number of aromatic carboxylic acids is 1. The highest BCUT2D eigenvalue weighted by molar-refractivity contribution is 5.92. The molecule has 25 heavy (non-hydrogen) atoms. The lowest BCUT2D eigenvalue weighted by Crippen LogP contribution is -2.06. The largest absolute Gasteiger partial charge is 0.493 e. The van der Waals surface area contributed by atoms with Gasteiger partial charge in [-0.2, -0.15) is 5.10 Å². The first-order valence-corrected chi connectivity index (χ1v) is 8.04. The fourth-order valence-corrected chi connectivity index (χ4v) is 3.03. The summed E-state index contributed by atoms with van der Waals surface area (Å²) in [6, 6.07) is 8.50. The fraction of sp³-hybridized carbons (Fsp3) is 0.278. The lowest BCUT2D eigenvalue weighted by molar-refractivity contribution is 0.0693. The minimum Gasteiger partial charge on any atom is -0.493 e. The fourth-order valence-electron chi connectivity index (χ4n) is 3.03. The van der Waals surface area contributed by atoms with Gasteiger partial charge in [0.15, 0.2) is 17.2 Å². The zero-order valence-electron chi connectivity index (χ0n) is 13.6. The number of benzene rings is 1. The first-order valence-electron chi connectivity index (χ1n) is 8.04. The number of rotatable bonds is 5. The summed E-state index contributed by atoms with van der Waals surface area (Å²) in [6.07, 6.45) is 2.15. The summed E-state index contributed by atoms with van der Waals surface area (Å²) in [7, 11) is 1.57. The van der Waals surface area contributed by atoms with Crippen LogP contribution < -0.4 is 4.74 Å². The van der Waals surface area contributed by atoms with Crippen molar-refractivity contribution in [3.8, 4) is 17.0 Å². The Kier molecular flexibility index (Phi) is 3.65. The Balaban J connectivity index is 1.98. The van der Waals surface area contributed by atoms with Crippen molar-refractivity contribution in [3.05, 3.63) is 47.3 Å². The second-order valence-electron chi connectivity index (χ2n) is 6.06. The Labute approximate surface area is 143 Å². The van der Waals surface area contributed by atoms with Crippen LogP contribution in [-0.2, 0) is 6.61 Å². The third-order valence-corrected chi connectivity index (χ3v) is 4.47. The van der Waals surface area contributed by atoms with Crippen molar-refractivity contribution in [1.29, 1.82) is 0 Å². The Morgan fingerprint density at radius 1 is 1.32 bits per heavy atom. The SMILES string of the molecule is COc1ccc(-c2cccc(C(=O)O)c2CO)n2nc(C3CC3)nc12. The molecule has 0 aliphatic heterocycles. The predicted octanol–water partition coefficient (Wildman–Crippen LogP) is 2.47. The summed E-state index contributed by atoms with van der Waals surface area (Å²) >= 11 is 0. The number of aliphatic hydroxyl groups is 1. The maximum atomic E-state index is 11.5. The predicted molar refractivity (Wildman–Crippen MR) is 89.8 cm³/mol. The van der Waals surface area contributed by atoms with Gasteiger partial charge in [0.25, 0.3) is 0 Å². The number of carbonyl (C=O) groups is 1. The Morgan fingerprint density at radius 2 is 2.12 bits per heavy atom. The monoisotopic (exact) mass is 339 g/mol. The average molecular weight is 339 g/mol. The molecule has 4 rings (SSSR count). The van der Waals surface area contributed by atoms with E-state index < -0.39 is 5.97 Å². The van der Waals surface area contributed by atoms with Gasteiger partial charge in [-0.3, -0.25) is 0 Å². The summed E-state index contributed by atoms with van der Waals surface area (Å²) in [5.41, 5.74) is 2.30. The van der Waals surface area contributed by atoms with E-state index in [0.29, 0.717) is 34.1 Å². The molecule has 2 N–H and O–H groups in total. The number of nitrogens with zero attached hydrogens (tertiary/aromatic N) is 3. The molecule has 1 aliphatic carbocycles. The lowest BCUT2D eigenvalue weighted by Gasteiger charge is -2.12. The second-order valence-corrected chi connectivity index (χ2v) is 6.06. The zero-order valence-corrected chi connectivity index (χ0v) is 13.6. The Bertz CT molecular complexity index is 976. The van der Waals surface area contributed by atoms with Crippen molar-refractivity contribution >= 4 is 11.6 Å². The minimum absolute atomic E-state index is 0.0755. The highest BCUT2D eigenvalue weighted by Gasteiger charge is 2.29. The third-order valence-electron chi connectivity index (χ3n) is 4.47. The molecule has 0 amide bonds. The van der Waals surface area contributed by atoms with Gasteiger partial charge in [0.2, 0.25) is 0 Å². The second kappa shape index (κ2) is 5.86. The Hall–Kier alpha value is -2.93. The van der Waals surface area contributed by atoms with Crippen LogP contribution in [0.4, 0.5) is 0 Å². The molecule has 0 saturated heterocycles. The van der Waals surface area contributed by atoms with Crippen molar-refractivity contribution in [3.63, 3.8) is 0 Å². The number of methoxy groups -OCH3 is 1. The molecule has 0 unspecified atom stereocenters. The van der Waals surface area contributed by atoms with Crippen LogP contribution in [0.2, 0.25) is 0 Å². The number of hydrogen-bond donors (Lipinski definition) is 2. The first kappa shape index (κ1) is 15.6. The van der Waals surface area contributed by atoms with E-state index in [4.69, 9.17) is 4.74 Å². The van der Waals surface area contributed by atoms with Gasteiger partial charge in [-0.25, -0.2) is 14.3 Å². The van der Waals surface area contributed by atoms with Crippen LogP contribution in [0.15, 0.2) is 30.3 Å². The van der Waals surface area contributed by atoms with E-state index in [9.17, 15) is 15.0 Å². The minimum atomic E-state index is -1.08. The van der Waals surface area contributed by atoms with E-state index in [0.717, 1.165) is 18.7 Å². The van der Waals surface area contributed by atoms with E-state index in [-0.39, 0.29) is 12.2 Å². The molecule has 128 valence electrons. The summed E-state index contributed by atoms with van der Waals surface area (Å²) in [4.78, 5) is 16.1. The molecular formula is C18H17N3O4. The van der Waals surface area contributed by atoms with Gasteiger partial charge < -0.3 is 14.9 Å². The Morgan fingerprint density at radius 3 is 2.76 bits per heavy atom. The summed E-state index contributed by atoms with van der Waals surface area (Å²) < 4.78 is 7.06. The van der Waals surface area contributed by atoms with Crippen LogP contribution >= 0.6 is 0 Å². The molecule has 3 aromatic rings. The standard InChI is InChI=1S/C18H17N3O4/c1-25-15-8-7-14(21-17(15)19-16(20-21)10-5-6-10)11-3-2-4-12(18(23)24)13(11)9-22/h2-4,7-8,10,22H,5-6,9H2,1H3,(H,23,24). The highest BCUT2D eigenvalue weighted by atomic mass is 16.5. The van der Waals surface area contributed by atoms with E-state index in [1.807, 2.05) is 0 Å². The maximum Gasteiger partial charge on any atom is 0.336 e. The third kappa shape index (κ3) is 2.53. The number of fused-ring (bicyclic) bond motifs is 1. The molecule has 0 bridgehead atoms. The number of hydrogen-bond acceptors (Lipinski definition) is 5. The maximum absolute atomic E-state index is 11.5. The van der Waals surface area contributed by atoms with Gasteiger partial charge in [-0.1, -0.05) is 12.1 Å². The van der Waals surface area contributed by atoms with Gasteiger partial charge in [-0.05, 0) is 31.0 Å². The molecule has 1 aliphatic rings. The van der Waals surface area contributed by atoms with E-state index >= 15 is 0 Å². The molecule has 1 aromatic carbocycles. The number of aliphatic hydroxyl groups excluding tert-OH is 1. The van der Waals surface area contributed by atoms with Crippen molar-refractivity contribution < 1.29 is 19.7 Å². The van der Waals surface area contributed by atoms with Gasteiger partial charge in [0, 0.05) is 17.0 Å². The normalized spacial score (nSPS) is 14.0. The molecular weight excluding hydrogens is 322 g/mol. The van der Waals surface area contributed by atoms with Crippen LogP contribution in [0, 0.1) is 0 Å². The molecule has 2 heterocycles. The number of carboxylic acid groups (broad SMARTS) is 1. The van der Waals surface area contributed by atoms with Crippen molar-refractivity contribution in [2.75, 3.05) is 7.11 Å². The van der Waals surface area contributed by atoms with Crippen LogP contribution in [0.1, 0.15) is 40.5 Å². The topological polar surface area (TPSA) is 97.0 Å². The molecule has 1 saturated carbocycles. The smallest absolute Gasteiger partial charge is 0.336 e. The number of ether oxygens (including phenoxy) is 1. The summed E-state index contributed by atoms with van der Waals surface area (Å²) in [6.45, 7) is -0.379. The van der Waals surface area contributed by atoms with Crippen LogP contribution in [0.25, 0.3) is 16.9 Å². The van der Waals surface area contributed by atoms with Crippen molar-refractivity contribution in [2.24, 2.45) is 0 Å². The van der Waals surface area contributed by atoms with E-state index in [1.54, 1.807) is 35.9 Å². The quantitative estimate of drug-likeness (QED) is 0.741. The molecule has 1 fully saturated rings. The first-order chi connectivity index (χ1) is 12.1. The van der Waals surface area contributed by atoms with Gasteiger partial charge in [-0.15, -0.1) is 0 Å². The summed E-state index contributed by atoms with van der Waals surface area (Å²) in [5, 5.41) is 23.7. The van der Waals surface area contributed by atoms with Gasteiger partial charge in [0.1, 0.15) is 0 Å². The average Bonchev–Trinajstić information content (AvgIpc) is 3.38. The lowest BCUT2D eigenvalue weighted by atomic mass is 9.98. The van der Waals surface area contributed by atoms with Crippen LogP contribution in [0.3, 0.4) is 0 Å². The van der Waals surface area contributed by atoms with Gasteiger partial charge >= 0.3 is 5.97 Å². The van der Waals surface area contributed by atoms with Crippen LogP contribution in [0.5, 0.6) is 5.75 Å². The van der Waals surface area contributed by atoms with E-state index in [2.05, 4.69) is 10.1 Å². The summed E-state index contributed by atoms with van der Waals surface area (Å²) in [5.74, 6) is 0.668. The number of aromatic nitrogens is 3. The van der Waals surface area contributed by atoms with E-state index in [1.165, 1.54) is 6.07 Å². The van der Waals surface area contributed by atoms with Crippen molar-refractivity contribution in [1.82, 2.24) is 14.6 Å². The number of carboxylic acids is 1. The van der Waals surface area contributed by atoms with Crippen LogP contribution in [-0.4, -0.2) is 37.9 Å². The number of pyridine rings is 1. The molecule has 2 aromatic heterocycles. The highest BCUT2D eigenvalue weighted by Crippen LogP contribution is 2.39. The molecule has 0 atom stereocenters. The zero-order chi connectivity index (χ0) is 17.6.